The van der Waals surface area contributed by atoms with Crippen molar-refractivity contribution in [3.8, 4) is 5.75 Å². The fraction of sp³-hybridized carbons (Fsp3) is 0.615. The van der Waals surface area contributed by atoms with Gasteiger partial charge in [-0.25, -0.2) is 4.98 Å². The monoisotopic (exact) mass is 220 g/mol. The molecule has 2 rings (SSSR count). The number of rotatable bonds is 6. The van der Waals surface area contributed by atoms with Crippen molar-refractivity contribution in [2.45, 2.75) is 39.2 Å². The van der Waals surface area contributed by atoms with E-state index in [1.54, 1.807) is 0 Å². The third-order valence-corrected chi connectivity index (χ3v) is 3.00. The molecule has 1 saturated carbocycles. The molecule has 0 saturated heterocycles. The predicted octanol–water partition coefficient (Wildman–Crippen LogP) is 3.08. The molecular weight excluding hydrogens is 200 g/mol. The molecule has 3 nitrogen and oxygen atoms in total. The molecule has 1 heterocycles. The Morgan fingerprint density at radius 1 is 1.50 bits per heavy atom. The highest BCUT2D eigenvalue weighted by molar-refractivity contribution is 5.51. The number of anilines is 1. The number of nitrogens with zero attached hydrogens (tertiary/aromatic N) is 1. The number of aromatic nitrogens is 1. The van der Waals surface area contributed by atoms with Crippen molar-refractivity contribution in [1.82, 2.24) is 4.98 Å². The summed E-state index contributed by atoms with van der Waals surface area (Å²) in [7, 11) is 0. The van der Waals surface area contributed by atoms with Crippen molar-refractivity contribution < 1.29 is 4.74 Å². The Labute approximate surface area is 97.2 Å². The normalized spacial score (nSPS) is 22.9. The first-order valence-corrected chi connectivity index (χ1v) is 6.19. The summed E-state index contributed by atoms with van der Waals surface area (Å²) in [5.74, 6) is 2.60. The van der Waals surface area contributed by atoms with Crippen molar-refractivity contribution in [1.29, 1.82) is 0 Å². The summed E-state index contributed by atoms with van der Waals surface area (Å²) in [5, 5.41) is 3.46. The second-order valence-electron chi connectivity index (χ2n) is 4.35. The van der Waals surface area contributed by atoms with Crippen molar-refractivity contribution >= 4 is 5.82 Å². The van der Waals surface area contributed by atoms with Gasteiger partial charge >= 0.3 is 0 Å². The van der Waals surface area contributed by atoms with Crippen LogP contribution in [0.4, 0.5) is 5.82 Å². The van der Waals surface area contributed by atoms with Gasteiger partial charge in [0.15, 0.2) is 11.6 Å². The Kier molecular flexibility index (Phi) is 3.65. The number of pyridine rings is 1. The van der Waals surface area contributed by atoms with Gasteiger partial charge in [0.1, 0.15) is 0 Å². The van der Waals surface area contributed by atoms with E-state index in [4.69, 9.17) is 4.74 Å². The smallest absolute Gasteiger partial charge is 0.168 e. The topological polar surface area (TPSA) is 34.1 Å². The summed E-state index contributed by atoms with van der Waals surface area (Å²) < 4.78 is 5.66. The second kappa shape index (κ2) is 5.19. The molecule has 3 heteroatoms. The van der Waals surface area contributed by atoms with Crippen LogP contribution in [0, 0.1) is 5.92 Å². The highest BCUT2D eigenvalue weighted by Crippen LogP contribution is 2.37. The summed E-state index contributed by atoms with van der Waals surface area (Å²) >= 11 is 0. The van der Waals surface area contributed by atoms with Crippen molar-refractivity contribution in [2.24, 2.45) is 5.92 Å². The first-order valence-electron chi connectivity index (χ1n) is 6.19. The Bertz CT molecular complexity index is 340. The van der Waals surface area contributed by atoms with E-state index in [-0.39, 0.29) is 0 Å². The van der Waals surface area contributed by atoms with Crippen molar-refractivity contribution in [3.05, 3.63) is 18.3 Å². The van der Waals surface area contributed by atoms with Crippen molar-refractivity contribution in [2.75, 3.05) is 11.9 Å². The Morgan fingerprint density at radius 3 is 3.06 bits per heavy atom. The van der Waals surface area contributed by atoms with Crippen LogP contribution in [0.5, 0.6) is 5.75 Å². The summed E-state index contributed by atoms with van der Waals surface area (Å²) in [4.78, 5) is 4.34. The van der Waals surface area contributed by atoms with Crippen LogP contribution in [0.15, 0.2) is 18.3 Å². The van der Waals surface area contributed by atoms with Crippen molar-refractivity contribution in [3.63, 3.8) is 0 Å². The third kappa shape index (κ3) is 2.65. The molecule has 2 unspecified atom stereocenters. The Hall–Kier alpha value is -1.25. The molecule has 1 aromatic rings. The van der Waals surface area contributed by atoms with Gasteiger partial charge in [-0.3, -0.25) is 0 Å². The predicted molar refractivity (Wildman–Crippen MR) is 65.8 cm³/mol. The standard InChI is InChI=1S/C13H20N2O/c1-3-8-16-12-6-5-7-14-13(12)15-11-9-10(11)4-2/h5-7,10-11H,3-4,8-9H2,1-2H3,(H,14,15). The lowest BCUT2D eigenvalue weighted by Gasteiger charge is -2.11. The third-order valence-electron chi connectivity index (χ3n) is 3.00. The summed E-state index contributed by atoms with van der Waals surface area (Å²) in [6.07, 6.45) is 5.34. The van der Waals surface area contributed by atoms with Crippen LogP contribution in [-0.2, 0) is 0 Å². The van der Waals surface area contributed by atoms with Gasteiger partial charge in [-0.2, -0.15) is 0 Å². The van der Waals surface area contributed by atoms with Gasteiger partial charge in [-0.05, 0) is 30.9 Å². The van der Waals surface area contributed by atoms with E-state index in [1.165, 1.54) is 12.8 Å². The molecule has 1 aliphatic carbocycles. The van der Waals surface area contributed by atoms with Gasteiger partial charge in [0.05, 0.1) is 6.61 Å². The molecule has 0 spiro atoms. The minimum Gasteiger partial charge on any atom is -0.490 e. The summed E-state index contributed by atoms with van der Waals surface area (Å²) in [5.41, 5.74) is 0. The largest absolute Gasteiger partial charge is 0.490 e. The first-order chi connectivity index (χ1) is 7.85. The molecular formula is C13H20N2O. The lowest BCUT2D eigenvalue weighted by Crippen LogP contribution is -2.08. The zero-order valence-electron chi connectivity index (χ0n) is 10.1. The van der Waals surface area contributed by atoms with E-state index in [0.29, 0.717) is 6.04 Å². The molecule has 1 aromatic heterocycles. The van der Waals surface area contributed by atoms with Gasteiger partial charge in [-0.1, -0.05) is 20.3 Å². The molecule has 1 fully saturated rings. The molecule has 88 valence electrons. The fourth-order valence-corrected chi connectivity index (χ4v) is 1.88. The summed E-state index contributed by atoms with van der Waals surface area (Å²) in [6, 6.07) is 4.50. The average Bonchev–Trinajstić information content (AvgIpc) is 3.06. The molecule has 0 bridgehead atoms. The van der Waals surface area contributed by atoms with Gasteiger partial charge in [-0.15, -0.1) is 0 Å². The molecule has 16 heavy (non-hydrogen) atoms. The quantitative estimate of drug-likeness (QED) is 0.800. The zero-order chi connectivity index (χ0) is 11.4. The Balaban J connectivity index is 1.96. The lowest BCUT2D eigenvalue weighted by molar-refractivity contribution is 0.317. The average molecular weight is 220 g/mol. The number of nitrogens with one attached hydrogen (secondary N) is 1. The van der Waals surface area contributed by atoms with Crippen LogP contribution >= 0.6 is 0 Å². The Morgan fingerprint density at radius 2 is 2.38 bits per heavy atom. The SMILES string of the molecule is CCCOc1cccnc1NC1CC1CC. The minimum atomic E-state index is 0.601. The summed E-state index contributed by atoms with van der Waals surface area (Å²) in [6.45, 7) is 5.10. The highest BCUT2D eigenvalue weighted by Gasteiger charge is 2.35. The number of ether oxygens (including phenoxy) is 1. The lowest BCUT2D eigenvalue weighted by atomic mass is 10.3. The molecule has 0 aliphatic heterocycles. The minimum absolute atomic E-state index is 0.601. The van der Waals surface area contributed by atoms with Gasteiger partial charge in [0, 0.05) is 12.2 Å². The van der Waals surface area contributed by atoms with E-state index >= 15 is 0 Å². The van der Waals surface area contributed by atoms with Crippen LogP contribution in [-0.4, -0.2) is 17.6 Å². The zero-order valence-corrected chi connectivity index (χ0v) is 10.1. The van der Waals surface area contributed by atoms with Gasteiger partial charge in [0.2, 0.25) is 0 Å². The molecule has 1 N–H and O–H groups in total. The molecule has 0 aromatic carbocycles. The second-order valence-corrected chi connectivity index (χ2v) is 4.35. The first kappa shape index (κ1) is 11.2. The van der Waals surface area contributed by atoms with E-state index in [2.05, 4.69) is 24.1 Å². The van der Waals surface area contributed by atoms with Crippen LogP contribution in [0.1, 0.15) is 33.1 Å². The molecule has 2 atom stereocenters. The number of hydrogen-bond acceptors (Lipinski definition) is 3. The maximum atomic E-state index is 5.66. The van der Waals surface area contributed by atoms with Crippen LogP contribution in [0.2, 0.25) is 0 Å². The van der Waals surface area contributed by atoms with Gasteiger partial charge in [0.25, 0.3) is 0 Å². The molecule has 0 radical (unpaired) electrons. The molecule has 1 aliphatic rings. The van der Waals surface area contributed by atoms with E-state index in [0.717, 1.165) is 30.5 Å². The highest BCUT2D eigenvalue weighted by atomic mass is 16.5. The van der Waals surface area contributed by atoms with E-state index in [9.17, 15) is 0 Å². The maximum absolute atomic E-state index is 5.66. The van der Waals surface area contributed by atoms with Crippen LogP contribution in [0.25, 0.3) is 0 Å². The van der Waals surface area contributed by atoms with Crippen LogP contribution in [0.3, 0.4) is 0 Å². The molecule has 0 amide bonds. The number of hydrogen-bond donors (Lipinski definition) is 1. The fourth-order valence-electron chi connectivity index (χ4n) is 1.88. The van der Waals surface area contributed by atoms with E-state index < -0.39 is 0 Å². The maximum Gasteiger partial charge on any atom is 0.168 e. The van der Waals surface area contributed by atoms with Crippen LogP contribution < -0.4 is 10.1 Å². The van der Waals surface area contributed by atoms with Gasteiger partial charge < -0.3 is 10.1 Å². The van der Waals surface area contributed by atoms with E-state index in [1.807, 2.05) is 18.3 Å².